The minimum atomic E-state index is 0.291. The zero-order chi connectivity index (χ0) is 11.4. The van der Waals surface area contributed by atoms with Gasteiger partial charge in [0.25, 0.3) is 0 Å². The summed E-state index contributed by atoms with van der Waals surface area (Å²) in [6.45, 7) is 0. The van der Waals surface area contributed by atoms with Crippen molar-refractivity contribution in [1.29, 1.82) is 0 Å². The van der Waals surface area contributed by atoms with Crippen LogP contribution in [-0.4, -0.2) is 28.6 Å². The van der Waals surface area contributed by atoms with E-state index in [1.54, 1.807) is 0 Å². The lowest BCUT2D eigenvalue weighted by Crippen LogP contribution is -2.38. The smallest absolute Gasteiger partial charge is 0.0293 e. The summed E-state index contributed by atoms with van der Waals surface area (Å²) in [5.41, 5.74) is 7.61. The van der Waals surface area contributed by atoms with Gasteiger partial charge in [0.1, 0.15) is 0 Å². The van der Waals surface area contributed by atoms with E-state index < -0.39 is 0 Å². The van der Waals surface area contributed by atoms with Crippen molar-refractivity contribution in [2.45, 2.75) is 17.7 Å². The first-order valence-corrected chi connectivity index (χ1v) is 8.45. The van der Waals surface area contributed by atoms with Crippen LogP contribution in [0.2, 0.25) is 0 Å². The lowest BCUT2D eigenvalue weighted by molar-refractivity contribution is 0.664. The summed E-state index contributed by atoms with van der Waals surface area (Å²) in [5, 5.41) is 0.627. The molecule has 0 bridgehead atoms. The highest BCUT2D eigenvalue weighted by atomic mass is 79.9. The second-order valence-corrected chi connectivity index (χ2v) is 7.39. The van der Waals surface area contributed by atoms with E-state index in [1.807, 2.05) is 23.5 Å². The van der Waals surface area contributed by atoms with Crippen LogP contribution in [0.4, 0.5) is 0 Å². The fraction of sp³-hybridized carbons (Fsp3) is 0.500. The Morgan fingerprint density at radius 1 is 1.31 bits per heavy atom. The van der Waals surface area contributed by atoms with E-state index in [-0.39, 0.29) is 0 Å². The van der Waals surface area contributed by atoms with Gasteiger partial charge < -0.3 is 5.73 Å². The fourth-order valence-corrected chi connectivity index (χ4v) is 4.86. The Kier molecular flexibility index (Phi) is 5.07. The molecule has 1 aliphatic rings. The van der Waals surface area contributed by atoms with Crippen molar-refractivity contribution in [2.75, 3.05) is 17.3 Å². The fourth-order valence-electron chi connectivity index (χ4n) is 1.78. The molecule has 0 spiro atoms. The number of nitrogens with two attached hydrogens (primary N) is 1. The molecule has 0 amide bonds. The number of hydrogen-bond acceptors (Lipinski definition) is 3. The largest absolute Gasteiger partial charge is 0.326 e. The van der Waals surface area contributed by atoms with E-state index in [4.69, 9.17) is 5.73 Å². The minimum Gasteiger partial charge on any atom is -0.326 e. The van der Waals surface area contributed by atoms with Crippen LogP contribution in [0, 0.1) is 0 Å². The Labute approximate surface area is 114 Å². The van der Waals surface area contributed by atoms with Gasteiger partial charge in [-0.1, -0.05) is 28.1 Å². The summed E-state index contributed by atoms with van der Waals surface area (Å²) in [6, 6.07) is 8.78. The maximum atomic E-state index is 6.27. The highest BCUT2D eigenvalue weighted by Gasteiger charge is 2.21. The van der Waals surface area contributed by atoms with E-state index >= 15 is 0 Å². The maximum absolute atomic E-state index is 6.27. The molecule has 1 nitrogen and oxygen atoms in total. The van der Waals surface area contributed by atoms with Crippen LogP contribution in [0.1, 0.15) is 5.56 Å². The van der Waals surface area contributed by atoms with Crippen LogP contribution in [0.25, 0.3) is 0 Å². The van der Waals surface area contributed by atoms with Gasteiger partial charge in [0, 0.05) is 33.0 Å². The van der Waals surface area contributed by atoms with E-state index in [9.17, 15) is 0 Å². The van der Waals surface area contributed by atoms with Gasteiger partial charge in [-0.05, 0) is 24.1 Å². The maximum Gasteiger partial charge on any atom is 0.0293 e. The second-order valence-electron chi connectivity index (χ2n) is 3.98. The lowest BCUT2D eigenvalue weighted by atomic mass is 10.0. The van der Waals surface area contributed by atoms with Gasteiger partial charge in [-0.3, -0.25) is 0 Å². The topological polar surface area (TPSA) is 26.0 Å². The minimum absolute atomic E-state index is 0.291. The number of halogens is 1. The van der Waals surface area contributed by atoms with E-state index in [2.05, 4.69) is 40.2 Å². The summed E-state index contributed by atoms with van der Waals surface area (Å²) in [4.78, 5) is 0. The predicted molar refractivity (Wildman–Crippen MR) is 79.4 cm³/mol. The first-order chi connectivity index (χ1) is 7.75. The molecule has 1 aliphatic heterocycles. The van der Waals surface area contributed by atoms with Gasteiger partial charge in [0.15, 0.2) is 0 Å². The lowest BCUT2D eigenvalue weighted by Gasteiger charge is -2.26. The molecule has 1 aromatic carbocycles. The van der Waals surface area contributed by atoms with Crippen LogP contribution >= 0.6 is 39.5 Å². The number of benzene rings is 1. The quantitative estimate of drug-likeness (QED) is 0.927. The van der Waals surface area contributed by atoms with Gasteiger partial charge in [-0.2, -0.15) is 23.5 Å². The van der Waals surface area contributed by atoms with Crippen molar-refractivity contribution in [2.24, 2.45) is 5.73 Å². The molecule has 2 rings (SSSR count). The van der Waals surface area contributed by atoms with E-state index in [0.29, 0.717) is 11.3 Å². The number of rotatable bonds is 3. The van der Waals surface area contributed by atoms with Crippen LogP contribution < -0.4 is 5.73 Å². The molecule has 0 radical (unpaired) electrons. The Bertz CT molecular complexity index is 322. The molecule has 1 fully saturated rings. The third-order valence-electron chi connectivity index (χ3n) is 2.70. The first kappa shape index (κ1) is 12.8. The molecule has 1 saturated heterocycles. The molecule has 2 unspecified atom stereocenters. The number of thioether (sulfide) groups is 2. The summed E-state index contributed by atoms with van der Waals surface area (Å²) >= 11 is 7.52. The van der Waals surface area contributed by atoms with Gasteiger partial charge >= 0.3 is 0 Å². The highest BCUT2D eigenvalue weighted by Crippen LogP contribution is 2.27. The molecule has 2 atom stereocenters. The van der Waals surface area contributed by atoms with Crippen molar-refractivity contribution in [1.82, 2.24) is 0 Å². The third kappa shape index (κ3) is 3.69. The molecule has 16 heavy (non-hydrogen) atoms. The molecule has 0 aliphatic carbocycles. The molecule has 1 aromatic rings. The predicted octanol–water partition coefficient (Wildman–Crippen LogP) is 3.17. The molecule has 4 heteroatoms. The van der Waals surface area contributed by atoms with Crippen LogP contribution in [0.3, 0.4) is 0 Å². The summed E-state index contributed by atoms with van der Waals surface area (Å²) in [6.07, 6.45) is 0.992. The average molecular weight is 318 g/mol. The van der Waals surface area contributed by atoms with Crippen LogP contribution in [0.5, 0.6) is 0 Å². The van der Waals surface area contributed by atoms with Crippen molar-refractivity contribution in [3.05, 3.63) is 34.3 Å². The summed E-state index contributed by atoms with van der Waals surface area (Å²) in [7, 11) is 0. The van der Waals surface area contributed by atoms with Crippen LogP contribution in [-0.2, 0) is 6.42 Å². The SMILES string of the molecule is NC(Cc1ccc(Br)cc1)C1CSCCS1. The summed E-state index contributed by atoms with van der Waals surface area (Å²) < 4.78 is 1.13. The Morgan fingerprint density at radius 2 is 2.06 bits per heavy atom. The first-order valence-electron chi connectivity index (χ1n) is 5.45. The average Bonchev–Trinajstić information content (AvgIpc) is 2.33. The Hall–Kier alpha value is 0.360. The molecule has 1 heterocycles. The Balaban J connectivity index is 1.90. The van der Waals surface area contributed by atoms with Crippen molar-refractivity contribution in [3.8, 4) is 0 Å². The molecule has 2 N–H and O–H groups in total. The molecule has 0 saturated carbocycles. The molecule has 88 valence electrons. The monoisotopic (exact) mass is 317 g/mol. The van der Waals surface area contributed by atoms with Gasteiger partial charge in [-0.15, -0.1) is 0 Å². The van der Waals surface area contributed by atoms with Gasteiger partial charge in [0.05, 0.1) is 0 Å². The number of hydrogen-bond donors (Lipinski definition) is 1. The third-order valence-corrected chi connectivity index (χ3v) is 6.17. The summed E-state index contributed by atoms with van der Waals surface area (Å²) in [5.74, 6) is 3.75. The molecular weight excluding hydrogens is 302 g/mol. The normalized spacial score (nSPS) is 23.0. The van der Waals surface area contributed by atoms with E-state index in [1.165, 1.54) is 22.8 Å². The zero-order valence-corrected chi connectivity index (χ0v) is 12.3. The van der Waals surface area contributed by atoms with E-state index in [0.717, 1.165) is 10.9 Å². The molecular formula is C12H16BrNS2. The van der Waals surface area contributed by atoms with Crippen molar-refractivity contribution < 1.29 is 0 Å². The van der Waals surface area contributed by atoms with Crippen molar-refractivity contribution >= 4 is 39.5 Å². The van der Waals surface area contributed by atoms with Crippen LogP contribution in [0.15, 0.2) is 28.7 Å². The van der Waals surface area contributed by atoms with Crippen molar-refractivity contribution in [3.63, 3.8) is 0 Å². The molecule has 0 aromatic heterocycles. The zero-order valence-electron chi connectivity index (χ0n) is 9.06. The standard InChI is InChI=1S/C12H16BrNS2/c13-10-3-1-9(2-4-10)7-11(14)12-8-15-5-6-16-12/h1-4,11-12H,5-8,14H2. The van der Waals surface area contributed by atoms with Gasteiger partial charge in [-0.25, -0.2) is 0 Å². The van der Waals surface area contributed by atoms with Gasteiger partial charge in [0.2, 0.25) is 0 Å². The second kappa shape index (κ2) is 6.34. The Morgan fingerprint density at radius 3 is 2.69 bits per heavy atom. The highest BCUT2D eigenvalue weighted by molar-refractivity contribution is 9.10.